The van der Waals surface area contributed by atoms with Crippen LogP contribution in [0.4, 0.5) is 4.39 Å². The lowest BCUT2D eigenvalue weighted by molar-refractivity contribution is 0.319. The van der Waals surface area contributed by atoms with Crippen LogP contribution in [0, 0.1) is 11.7 Å². The van der Waals surface area contributed by atoms with Crippen molar-refractivity contribution in [2.45, 2.75) is 44.9 Å². The van der Waals surface area contributed by atoms with Gasteiger partial charge >= 0.3 is 0 Å². The number of allylic oxidation sites excluding steroid dienone is 2. The lowest BCUT2D eigenvalue weighted by atomic mass is 9.81. The molecule has 0 atom stereocenters. The van der Waals surface area contributed by atoms with Crippen LogP contribution in [0.5, 0.6) is 0 Å². The smallest absolute Gasteiger partial charge is 0.141 e. The summed E-state index contributed by atoms with van der Waals surface area (Å²) in [6, 6.07) is 4.76. The van der Waals surface area contributed by atoms with Crippen molar-refractivity contribution in [3.05, 3.63) is 40.2 Å². The first-order valence-electron chi connectivity index (χ1n) is 7.60. The summed E-state index contributed by atoms with van der Waals surface area (Å²) in [4.78, 5) is 0. The Bertz CT molecular complexity index is 603. The molecule has 0 bridgehead atoms. The van der Waals surface area contributed by atoms with Gasteiger partial charge in [-0.05, 0) is 49.3 Å². The van der Waals surface area contributed by atoms with E-state index in [1.54, 1.807) is 12.1 Å². The summed E-state index contributed by atoms with van der Waals surface area (Å²) in [5.41, 5.74) is 3.93. The summed E-state index contributed by atoms with van der Waals surface area (Å²) in [5.74, 6) is 0.151. The number of hydrogen-bond donors (Lipinski definition) is 1. The molecule has 0 amide bonds. The van der Waals surface area contributed by atoms with E-state index in [0.29, 0.717) is 11.6 Å². The molecule has 112 valence electrons. The van der Waals surface area contributed by atoms with Gasteiger partial charge in [-0.25, -0.2) is 4.39 Å². The molecule has 4 heteroatoms. The number of hydrogen-bond acceptors (Lipinski definition) is 2. The minimum Gasteiger partial charge on any atom is -0.411 e. The fourth-order valence-electron chi connectivity index (χ4n) is 3.65. The van der Waals surface area contributed by atoms with Crippen LogP contribution >= 0.6 is 11.6 Å². The molecule has 0 radical (unpaired) electrons. The molecular weight excluding hydrogens is 289 g/mol. The van der Waals surface area contributed by atoms with Crippen LogP contribution < -0.4 is 0 Å². The number of oxime groups is 1. The average Bonchev–Trinajstić information content (AvgIpc) is 2.95. The van der Waals surface area contributed by atoms with E-state index in [1.807, 2.05) is 0 Å². The summed E-state index contributed by atoms with van der Waals surface area (Å²) in [6.45, 7) is 0. The van der Waals surface area contributed by atoms with E-state index in [1.165, 1.54) is 43.7 Å². The van der Waals surface area contributed by atoms with Crippen LogP contribution in [0.3, 0.4) is 0 Å². The van der Waals surface area contributed by atoms with E-state index >= 15 is 0 Å². The average molecular weight is 308 g/mol. The molecule has 1 aromatic carbocycles. The standard InChI is InChI=1S/C17H19ClFNO/c18-14-10-12(6-8-15(14)19)17-13(7-9-16(17)20-21)11-4-2-1-3-5-11/h6,8,10-11,21H,1-5,7,9H2/b20-16+. The second-order valence-electron chi connectivity index (χ2n) is 5.91. The van der Waals surface area contributed by atoms with Crippen LogP contribution in [-0.2, 0) is 0 Å². The van der Waals surface area contributed by atoms with Gasteiger partial charge in [0.05, 0.1) is 10.7 Å². The summed E-state index contributed by atoms with van der Waals surface area (Å²) in [5, 5.41) is 12.9. The number of nitrogens with zero attached hydrogens (tertiary/aromatic N) is 1. The predicted molar refractivity (Wildman–Crippen MR) is 83.4 cm³/mol. The molecule has 0 saturated heterocycles. The summed E-state index contributed by atoms with van der Waals surface area (Å²) in [6.07, 6.45) is 7.93. The Morgan fingerprint density at radius 2 is 1.90 bits per heavy atom. The van der Waals surface area contributed by atoms with E-state index in [4.69, 9.17) is 11.6 Å². The normalized spacial score (nSPS) is 22.3. The van der Waals surface area contributed by atoms with Crippen molar-refractivity contribution < 1.29 is 9.60 Å². The molecule has 0 unspecified atom stereocenters. The zero-order valence-corrected chi connectivity index (χ0v) is 12.7. The van der Waals surface area contributed by atoms with Crippen LogP contribution in [-0.4, -0.2) is 10.9 Å². The molecule has 1 aromatic rings. The van der Waals surface area contributed by atoms with Gasteiger partial charge in [0.15, 0.2) is 0 Å². The fraction of sp³-hybridized carbons (Fsp3) is 0.471. The maximum atomic E-state index is 13.4. The maximum Gasteiger partial charge on any atom is 0.141 e. The highest BCUT2D eigenvalue weighted by atomic mass is 35.5. The topological polar surface area (TPSA) is 32.6 Å². The first-order chi connectivity index (χ1) is 10.2. The van der Waals surface area contributed by atoms with Crippen LogP contribution in [0.25, 0.3) is 5.57 Å². The molecule has 0 heterocycles. The van der Waals surface area contributed by atoms with Gasteiger partial charge in [0.25, 0.3) is 0 Å². The Morgan fingerprint density at radius 1 is 1.14 bits per heavy atom. The molecule has 2 aliphatic carbocycles. The van der Waals surface area contributed by atoms with Crippen LogP contribution in [0.2, 0.25) is 5.02 Å². The molecule has 0 spiro atoms. The van der Waals surface area contributed by atoms with Gasteiger partial charge in [0, 0.05) is 5.57 Å². The van der Waals surface area contributed by atoms with Crippen molar-refractivity contribution in [1.29, 1.82) is 0 Å². The Morgan fingerprint density at radius 3 is 2.57 bits per heavy atom. The van der Waals surface area contributed by atoms with E-state index in [2.05, 4.69) is 5.16 Å². The molecule has 21 heavy (non-hydrogen) atoms. The van der Waals surface area contributed by atoms with Crippen LogP contribution in [0.1, 0.15) is 50.5 Å². The minimum absolute atomic E-state index is 0.118. The molecule has 1 saturated carbocycles. The zero-order chi connectivity index (χ0) is 14.8. The summed E-state index contributed by atoms with van der Waals surface area (Å²) in [7, 11) is 0. The van der Waals surface area contributed by atoms with Gasteiger partial charge in [0.1, 0.15) is 5.82 Å². The maximum absolute atomic E-state index is 13.4. The third-order valence-electron chi connectivity index (χ3n) is 4.67. The first kappa shape index (κ1) is 14.6. The van der Waals surface area contributed by atoms with E-state index in [-0.39, 0.29) is 5.02 Å². The molecule has 0 aliphatic heterocycles. The van der Waals surface area contributed by atoms with Gasteiger partial charge in [-0.2, -0.15) is 0 Å². The van der Waals surface area contributed by atoms with Crippen molar-refractivity contribution in [2.75, 3.05) is 0 Å². The minimum atomic E-state index is -0.416. The first-order valence-corrected chi connectivity index (χ1v) is 7.98. The zero-order valence-electron chi connectivity index (χ0n) is 11.9. The number of rotatable bonds is 2. The summed E-state index contributed by atoms with van der Waals surface area (Å²) < 4.78 is 13.4. The van der Waals surface area contributed by atoms with Gasteiger partial charge < -0.3 is 5.21 Å². The van der Waals surface area contributed by atoms with Crippen molar-refractivity contribution in [2.24, 2.45) is 11.1 Å². The predicted octanol–water partition coefficient (Wildman–Crippen LogP) is 5.44. The molecule has 1 fully saturated rings. The fourth-order valence-corrected chi connectivity index (χ4v) is 3.83. The summed E-state index contributed by atoms with van der Waals surface area (Å²) >= 11 is 5.92. The number of halogens is 2. The third kappa shape index (κ3) is 2.84. The van der Waals surface area contributed by atoms with Crippen molar-refractivity contribution >= 4 is 22.9 Å². The van der Waals surface area contributed by atoms with Gasteiger partial charge in [-0.3, -0.25) is 0 Å². The highest BCUT2D eigenvalue weighted by Gasteiger charge is 2.29. The molecular formula is C17H19ClFNO. The third-order valence-corrected chi connectivity index (χ3v) is 4.96. The van der Waals surface area contributed by atoms with Crippen molar-refractivity contribution in [1.82, 2.24) is 0 Å². The Kier molecular flexibility index (Phi) is 4.29. The van der Waals surface area contributed by atoms with E-state index in [9.17, 15) is 9.60 Å². The Balaban J connectivity index is 2.05. The second-order valence-corrected chi connectivity index (χ2v) is 6.32. The van der Waals surface area contributed by atoms with Gasteiger partial charge in [0.2, 0.25) is 0 Å². The molecule has 3 rings (SSSR count). The second kappa shape index (κ2) is 6.18. The number of benzene rings is 1. The Labute approximate surface area is 129 Å². The highest BCUT2D eigenvalue weighted by Crippen LogP contribution is 2.42. The van der Waals surface area contributed by atoms with Crippen molar-refractivity contribution in [3.8, 4) is 0 Å². The lowest BCUT2D eigenvalue weighted by Crippen LogP contribution is -2.09. The Hall–Kier alpha value is -1.35. The quantitative estimate of drug-likeness (QED) is 0.573. The lowest BCUT2D eigenvalue weighted by Gasteiger charge is -2.24. The monoisotopic (exact) mass is 307 g/mol. The van der Waals surface area contributed by atoms with Crippen LogP contribution in [0.15, 0.2) is 28.9 Å². The highest BCUT2D eigenvalue weighted by molar-refractivity contribution is 6.32. The molecule has 0 aromatic heterocycles. The van der Waals surface area contributed by atoms with Gasteiger partial charge in [-0.1, -0.05) is 47.7 Å². The molecule has 2 nitrogen and oxygen atoms in total. The molecule has 1 N–H and O–H groups in total. The van der Waals surface area contributed by atoms with E-state index < -0.39 is 5.82 Å². The molecule has 2 aliphatic rings. The largest absolute Gasteiger partial charge is 0.411 e. The van der Waals surface area contributed by atoms with Crippen molar-refractivity contribution in [3.63, 3.8) is 0 Å². The van der Waals surface area contributed by atoms with E-state index in [0.717, 1.165) is 24.0 Å². The SMILES string of the molecule is O/N=C1\CCC(C2CCCCC2)=C1c1ccc(F)c(Cl)c1. The van der Waals surface area contributed by atoms with Gasteiger partial charge in [-0.15, -0.1) is 0 Å².